The minimum absolute atomic E-state index is 0.0676. The van der Waals surface area contributed by atoms with Gasteiger partial charge in [-0.05, 0) is 24.1 Å². The fourth-order valence-electron chi connectivity index (χ4n) is 3.96. The number of aliphatic imine (C=N–C) groups is 1. The molecule has 2 aliphatic heterocycles. The van der Waals surface area contributed by atoms with Gasteiger partial charge in [0.25, 0.3) is 0 Å². The summed E-state index contributed by atoms with van der Waals surface area (Å²) in [6, 6.07) is 16.3. The lowest BCUT2D eigenvalue weighted by Gasteiger charge is -2.36. The van der Waals surface area contributed by atoms with Crippen LogP contribution in [-0.2, 0) is 14.3 Å². The van der Waals surface area contributed by atoms with Crippen LogP contribution in [0.15, 0.2) is 63.3 Å². The van der Waals surface area contributed by atoms with Crippen molar-refractivity contribution >= 4 is 29.3 Å². The van der Waals surface area contributed by atoms with Gasteiger partial charge in [0.05, 0.1) is 18.9 Å². The molecule has 2 aromatic rings. The first-order chi connectivity index (χ1) is 16.5. The molecule has 0 aliphatic carbocycles. The number of fused-ring (bicyclic) bond motifs is 2. The van der Waals surface area contributed by atoms with Crippen LogP contribution >= 0.6 is 11.8 Å². The summed E-state index contributed by atoms with van der Waals surface area (Å²) >= 11 is 1.79. The molecular weight excluding hydrogens is 448 g/mol. The van der Waals surface area contributed by atoms with E-state index in [1.54, 1.807) is 11.8 Å². The predicted octanol–water partition coefficient (Wildman–Crippen LogP) is 3.39. The van der Waals surface area contributed by atoms with Crippen molar-refractivity contribution in [1.29, 1.82) is 0 Å². The highest BCUT2D eigenvalue weighted by Gasteiger charge is 2.25. The van der Waals surface area contributed by atoms with E-state index in [2.05, 4.69) is 52.3 Å². The molecule has 7 nitrogen and oxygen atoms in total. The Morgan fingerprint density at radius 3 is 2.47 bits per heavy atom. The summed E-state index contributed by atoms with van der Waals surface area (Å²) in [6.07, 6.45) is 0. The van der Waals surface area contributed by atoms with Gasteiger partial charge >= 0.3 is 5.97 Å². The molecular formula is C26H34N4O3S. The molecule has 2 aliphatic rings. The number of esters is 1. The normalized spacial score (nSPS) is 16.9. The summed E-state index contributed by atoms with van der Waals surface area (Å²) in [5.41, 5.74) is 8.02. The van der Waals surface area contributed by atoms with Crippen LogP contribution in [0.1, 0.15) is 19.4 Å². The Bertz CT molecular complexity index is 1010. The molecule has 1 saturated heterocycles. The van der Waals surface area contributed by atoms with E-state index in [1.807, 2.05) is 19.9 Å². The third-order valence-corrected chi connectivity index (χ3v) is 7.27. The van der Waals surface area contributed by atoms with Crippen LogP contribution in [0.5, 0.6) is 0 Å². The number of amidine groups is 1. The number of hydrogen-bond acceptors (Lipinski definition) is 8. The van der Waals surface area contributed by atoms with E-state index < -0.39 is 6.04 Å². The average Bonchev–Trinajstić information content (AvgIpc) is 3.02. The second kappa shape index (κ2) is 11.8. The first-order valence-corrected chi connectivity index (χ1v) is 12.8. The number of hydrogen-bond donors (Lipinski definition) is 1. The zero-order valence-corrected chi connectivity index (χ0v) is 20.8. The lowest BCUT2D eigenvalue weighted by molar-refractivity contribution is -0.147. The predicted molar refractivity (Wildman–Crippen MR) is 136 cm³/mol. The fraction of sp³-hybridized carbons (Fsp3) is 0.462. The smallest absolute Gasteiger partial charge is 0.323 e. The molecule has 4 rings (SSSR count). The van der Waals surface area contributed by atoms with Crippen molar-refractivity contribution in [2.45, 2.75) is 29.7 Å². The molecule has 0 saturated carbocycles. The topological polar surface area (TPSA) is 80.4 Å². The van der Waals surface area contributed by atoms with Crippen molar-refractivity contribution in [1.82, 2.24) is 9.80 Å². The minimum Gasteiger partial charge on any atom is -0.462 e. The van der Waals surface area contributed by atoms with Crippen molar-refractivity contribution in [3.8, 4) is 0 Å². The van der Waals surface area contributed by atoms with Crippen LogP contribution in [0.3, 0.4) is 0 Å². The molecule has 34 heavy (non-hydrogen) atoms. The Morgan fingerprint density at radius 2 is 1.71 bits per heavy atom. The molecule has 2 heterocycles. The number of nitrogens with zero attached hydrogens (tertiary/aromatic N) is 3. The van der Waals surface area contributed by atoms with Gasteiger partial charge in [0, 0.05) is 48.1 Å². The Balaban J connectivity index is 1.25. The maximum Gasteiger partial charge on any atom is 0.323 e. The molecule has 2 N–H and O–H groups in total. The molecule has 0 radical (unpaired) electrons. The molecule has 1 unspecified atom stereocenters. The second-order valence-electron chi connectivity index (χ2n) is 8.88. The highest BCUT2D eigenvalue weighted by atomic mass is 32.2. The number of ether oxygens (including phenoxy) is 2. The van der Waals surface area contributed by atoms with E-state index in [0.29, 0.717) is 13.2 Å². The second-order valence-corrected chi connectivity index (χ2v) is 9.96. The molecule has 182 valence electrons. The van der Waals surface area contributed by atoms with E-state index >= 15 is 0 Å². The maximum absolute atomic E-state index is 11.8. The summed E-state index contributed by atoms with van der Waals surface area (Å²) in [5, 5.41) is 0. The lowest BCUT2D eigenvalue weighted by atomic mass is 10.1. The van der Waals surface area contributed by atoms with Crippen LogP contribution in [0, 0.1) is 5.92 Å². The first-order valence-electron chi connectivity index (χ1n) is 11.9. The van der Waals surface area contributed by atoms with Crippen LogP contribution in [-0.4, -0.2) is 80.2 Å². The molecule has 2 aromatic carbocycles. The maximum atomic E-state index is 11.8. The summed E-state index contributed by atoms with van der Waals surface area (Å²) in [5.74, 6) is 0.766. The Hall–Kier alpha value is -2.39. The molecule has 0 bridgehead atoms. The SMILES string of the molecule is CC(C)C(N)C(=O)OCCOCCN1CCN(C2=Nc3ccccc3Sc3ccccc32)CC1. The van der Waals surface area contributed by atoms with Crippen LogP contribution in [0.2, 0.25) is 0 Å². The quantitative estimate of drug-likeness (QED) is 0.456. The number of para-hydroxylation sites is 1. The highest BCUT2D eigenvalue weighted by Crippen LogP contribution is 2.40. The molecule has 0 spiro atoms. The molecule has 1 atom stereocenters. The largest absolute Gasteiger partial charge is 0.462 e. The van der Waals surface area contributed by atoms with Gasteiger partial charge in [0.2, 0.25) is 0 Å². The van der Waals surface area contributed by atoms with Crippen LogP contribution in [0.25, 0.3) is 0 Å². The zero-order chi connectivity index (χ0) is 23.9. The first kappa shape index (κ1) is 24.7. The third-order valence-electron chi connectivity index (χ3n) is 6.13. The standard InChI is InChI=1S/C26H34N4O3S/c1-19(2)24(27)26(31)33-18-17-32-16-15-29-11-13-30(14-12-29)25-20-7-3-5-9-22(20)34-23-10-6-4-8-21(23)28-25/h3-10,19,24H,11-18,27H2,1-2H3. The lowest BCUT2D eigenvalue weighted by Crippen LogP contribution is -2.49. The number of benzene rings is 2. The van der Waals surface area contributed by atoms with Crippen LogP contribution in [0.4, 0.5) is 5.69 Å². The zero-order valence-electron chi connectivity index (χ0n) is 20.0. The summed E-state index contributed by atoms with van der Waals surface area (Å²) in [6.45, 7) is 9.66. The van der Waals surface area contributed by atoms with Gasteiger partial charge in [-0.3, -0.25) is 9.69 Å². The number of piperazine rings is 1. The van der Waals surface area contributed by atoms with Gasteiger partial charge in [0.15, 0.2) is 0 Å². The monoisotopic (exact) mass is 482 g/mol. The van der Waals surface area contributed by atoms with Crippen LogP contribution < -0.4 is 5.73 Å². The third kappa shape index (κ3) is 6.18. The van der Waals surface area contributed by atoms with Gasteiger partial charge in [-0.1, -0.05) is 55.9 Å². The van der Waals surface area contributed by atoms with E-state index in [9.17, 15) is 4.79 Å². The van der Waals surface area contributed by atoms with Crippen molar-refractivity contribution in [3.63, 3.8) is 0 Å². The number of carbonyl (C=O) groups excluding carboxylic acids is 1. The number of carbonyl (C=O) groups is 1. The van der Waals surface area contributed by atoms with Gasteiger partial charge in [-0.15, -0.1) is 0 Å². The molecule has 1 fully saturated rings. The molecule has 8 heteroatoms. The average molecular weight is 483 g/mol. The van der Waals surface area contributed by atoms with Crippen molar-refractivity contribution in [3.05, 3.63) is 54.1 Å². The van der Waals surface area contributed by atoms with E-state index in [4.69, 9.17) is 20.2 Å². The Labute approximate surface area is 206 Å². The van der Waals surface area contributed by atoms with Gasteiger partial charge in [0.1, 0.15) is 18.5 Å². The van der Waals surface area contributed by atoms with E-state index in [-0.39, 0.29) is 18.5 Å². The highest BCUT2D eigenvalue weighted by molar-refractivity contribution is 7.99. The summed E-state index contributed by atoms with van der Waals surface area (Å²) in [4.78, 5) is 24.1. The van der Waals surface area contributed by atoms with Crippen molar-refractivity contribution < 1.29 is 14.3 Å². The van der Waals surface area contributed by atoms with E-state index in [1.165, 1.54) is 15.4 Å². The fourth-order valence-corrected chi connectivity index (χ4v) is 4.98. The minimum atomic E-state index is -0.576. The van der Waals surface area contributed by atoms with Gasteiger partial charge in [-0.25, -0.2) is 4.99 Å². The number of rotatable bonds is 8. The van der Waals surface area contributed by atoms with Gasteiger partial charge in [-0.2, -0.15) is 0 Å². The molecule has 0 aromatic heterocycles. The molecule has 0 amide bonds. The van der Waals surface area contributed by atoms with Gasteiger partial charge < -0.3 is 20.1 Å². The number of nitrogens with two attached hydrogens (primary N) is 1. The van der Waals surface area contributed by atoms with E-state index in [0.717, 1.165) is 44.2 Å². The summed E-state index contributed by atoms with van der Waals surface area (Å²) in [7, 11) is 0. The summed E-state index contributed by atoms with van der Waals surface area (Å²) < 4.78 is 10.9. The Kier molecular flexibility index (Phi) is 8.61. The van der Waals surface area contributed by atoms with Crippen molar-refractivity contribution in [2.75, 3.05) is 52.5 Å². The van der Waals surface area contributed by atoms with Crippen molar-refractivity contribution in [2.24, 2.45) is 16.6 Å². The Morgan fingerprint density at radius 1 is 1.00 bits per heavy atom.